The molecule has 54 heavy (non-hydrogen) atoms. The first kappa shape index (κ1) is 41.6. The van der Waals surface area contributed by atoms with Crippen LogP contribution in [0.2, 0.25) is 0 Å². The van der Waals surface area contributed by atoms with Crippen molar-refractivity contribution in [1.82, 2.24) is 10.6 Å². The van der Waals surface area contributed by atoms with Gasteiger partial charge in [-0.25, -0.2) is 13.6 Å². The molecule has 4 rings (SSSR count). The summed E-state index contributed by atoms with van der Waals surface area (Å²) >= 11 is 0. The summed E-state index contributed by atoms with van der Waals surface area (Å²) in [6, 6.07) is 15.4. The van der Waals surface area contributed by atoms with E-state index in [1.165, 1.54) is 48.5 Å². The van der Waals surface area contributed by atoms with E-state index in [2.05, 4.69) is 10.6 Å². The lowest BCUT2D eigenvalue weighted by Crippen LogP contribution is -2.55. The molecule has 1 saturated heterocycles. The number of anilines is 1. The van der Waals surface area contributed by atoms with E-state index in [0.717, 1.165) is 5.56 Å². The highest BCUT2D eigenvalue weighted by molar-refractivity contribution is 6.04. The van der Waals surface area contributed by atoms with Gasteiger partial charge in [-0.15, -0.1) is 0 Å². The molecule has 0 saturated carbocycles. The molecule has 0 radical (unpaired) electrons. The van der Waals surface area contributed by atoms with Gasteiger partial charge in [0.15, 0.2) is 12.4 Å². The molecule has 2 unspecified atom stereocenters. The third-order valence-electron chi connectivity index (χ3n) is 8.83. The molecule has 1 heterocycles. The standard InChI is InChI=1S/C42H51F2N3O7/c1-25(2)22-34(39(50)46-35(23-26(3)4)41(52)54-42(5,6)7)45-37(49)24-53-32-18-10-28(11-19-32)38-33(20-21-36(48)27-8-12-29(43)13-9-27)40(51)47(38)31-16-14-30(44)15-17-31/h8-19,25-26,33-35,38H,20-24H2,1-7H3,(H,45,49)(H,46,50)/t33?,34-,35+,38?/m1/s1. The van der Waals surface area contributed by atoms with E-state index >= 15 is 0 Å². The minimum atomic E-state index is -0.916. The second-order valence-corrected chi connectivity index (χ2v) is 15.5. The van der Waals surface area contributed by atoms with Crippen molar-refractivity contribution >= 4 is 35.2 Å². The number of ketones is 1. The molecular weight excluding hydrogens is 696 g/mol. The zero-order valence-corrected chi connectivity index (χ0v) is 32.0. The molecule has 0 bridgehead atoms. The van der Waals surface area contributed by atoms with Gasteiger partial charge in [-0.3, -0.25) is 19.2 Å². The average molecular weight is 748 g/mol. The van der Waals surface area contributed by atoms with Crippen LogP contribution in [0.5, 0.6) is 5.75 Å². The van der Waals surface area contributed by atoms with Crippen LogP contribution >= 0.6 is 0 Å². The van der Waals surface area contributed by atoms with Gasteiger partial charge >= 0.3 is 5.97 Å². The molecule has 290 valence electrons. The predicted octanol–water partition coefficient (Wildman–Crippen LogP) is 7.11. The number of carbonyl (C=O) groups is 5. The number of esters is 1. The van der Waals surface area contributed by atoms with Gasteiger partial charge in [0.2, 0.25) is 11.8 Å². The Labute approximate surface area is 316 Å². The SMILES string of the molecule is CC(C)C[C@H](NC(=O)[C@@H](CC(C)C)NC(=O)COc1ccc(C2C(CCC(=O)c3ccc(F)cc3)C(=O)N2c2ccc(F)cc2)cc1)C(=O)OC(C)(C)C. The molecule has 0 aliphatic carbocycles. The minimum absolute atomic E-state index is 0.0531. The van der Waals surface area contributed by atoms with Gasteiger partial charge in [-0.1, -0.05) is 39.8 Å². The molecule has 1 aliphatic rings. The van der Waals surface area contributed by atoms with Crippen LogP contribution in [-0.2, 0) is 23.9 Å². The molecular formula is C42H51F2N3O7. The fraction of sp³-hybridized carbons (Fsp3) is 0.452. The summed E-state index contributed by atoms with van der Waals surface area (Å²) in [5, 5.41) is 5.53. The predicted molar refractivity (Wildman–Crippen MR) is 201 cm³/mol. The van der Waals surface area contributed by atoms with Crippen LogP contribution < -0.4 is 20.3 Å². The second-order valence-electron chi connectivity index (χ2n) is 15.5. The highest BCUT2D eigenvalue weighted by Gasteiger charge is 2.48. The number of amides is 3. The number of nitrogens with one attached hydrogen (secondary N) is 2. The first-order valence-electron chi connectivity index (χ1n) is 18.3. The zero-order chi connectivity index (χ0) is 39.7. The van der Waals surface area contributed by atoms with E-state index in [1.807, 2.05) is 27.7 Å². The van der Waals surface area contributed by atoms with Crippen molar-refractivity contribution in [3.8, 4) is 5.75 Å². The summed E-state index contributed by atoms with van der Waals surface area (Å²) in [6.07, 6.45) is 1.02. The van der Waals surface area contributed by atoms with Gasteiger partial charge in [-0.2, -0.15) is 0 Å². The number of nitrogens with zero attached hydrogens (tertiary/aromatic N) is 1. The quantitative estimate of drug-likeness (QED) is 0.0855. The molecule has 2 N–H and O–H groups in total. The van der Waals surface area contributed by atoms with Crippen molar-refractivity contribution in [3.05, 3.63) is 95.6 Å². The van der Waals surface area contributed by atoms with Crippen LogP contribution in [0.25, 0.3) is 0 Å². The van der Waals surface area contributed by atoms with Gasteiger partial charge in [0.25, 0.3) is 5.91 Å². The third-order valence-corrected chi connectivity index (χ3v) is 8.83. The number of hydrogen-bond donors (Lipinski definition) is 2. The number of carbonyl (C=O) groups excluding carboxylic acids is 5. The summed E-state index contributed by atoms with van der Waals surface area (Å²) < 4.78 is 38.4. The molecule has 1 aliphatic heterocycles. The summed E-state index contributed by atoms with van der Waals surface area (Å²) in [5.41, 5.74) is 0.868. The van der Waals surface area contributed by atoms with Crippen molar-refractivity contribution in [3.63, 3.8) is 0 Å². The molecule has 4 atom stereocenters. The maximum atomic E-state index is 13.7. The lowest BCUT2D eigenvalue weighted by Gasteiger charge is -2.47. The fourth-order valence-corrected chi connectivity index (χ4v) is 6.35. The summed E-state index contributed by atoms with van der Waals surface area (Å²) in [7, 11) is 0. The number of Topliss-reactive ketones (excluding diaryl/α,β-unsaturated/α-hetero) is 1. The minimum Gasteiger partial charge on any atom is -0.484 e. The van der Waals surface area contributed by atoms with Gasteiger partial charge in [0.05, 0.1) is 12.0 Å². The van der Waals surface area contributed by atoms with Crippen molar-refractivity contribution in [2.45, 2.75) is 97.9 Å². The van der Waals surface area contributed by atoms with Gasteiger partial charge in [0.1, 0.15) is 35.1 Å². The Balaban J connectivity index is 1.42. The maximum Gasteiger partial charge on any atom is 0.329 e. The van der Waals surface area contributed by atoms with Crippen LogP contribution in [-0.4, -0.2) is 53.8 Å². The lowest BCUT2D eigenvalue weighted by molar-refractivity contribution is -0.159. The molecule has 0 aromatic heterocycles. The maximum absolute atomic E-state index is 13.7. The number of β-lactam (4-membered cyclic amide) rings is 1. The van der Waals surface area contributed by atoms with Crippen molar-refractivity contribution in [2.75, 3.05) is 11.5 Å². The molecule has 12 heteroatoms. The van der Waals surface area contributed by atoms with Crippen molar-refractivity contribution in [1.29, 1.82) is 0 Å². The van der Waals surface area contributed by atoms with Crippen molar-refractivity contribution in [2.24, 2.45) is 17.8 Å². The van der Waals surface area contributed by atoms with E-state index in [4.69, 9.17) is 9.47 Å². The largest absolute Gasteiger partial charge is 0.484 e. The highest BCUT2D eigenvalue weighted by atomic mass is 19.1. The fourth-order valence-electron chi connectivity index (χ4n) is 6.35. The van der Waals surface area contributed by atoms with E-state index in [9.17, 15) is 32.8 Å². The molecule has 0 spiro atoms. The van der Waals surface area contributed by atoms with Crippen LogP contribution in [0.3, 0.4) is 0 Å². The van der Waals surface area contributed by atoms with E-state index in [-0.39, 0.29) is 43.0 Å². The smallest absolute Gasteiger partial charge is 0.329 e. The highest BCUT2D eigenvalue weighted by Crippen LogP contribution is 2.46. The molecule has 10 nitrogen and oxygen atoms in total. The Morgan fingerprint density at radius 1 is 0.778 bits per heavy atom. The van der Waals surface area contributed by atoms with Crippen LogP contribution in [0.1, 0.15) is 96.1 Å². The number of rotatable bonds is 17. The first-order valence-corrected chi connectivity index (χ1v) is 18.3. The van der Waals surface area contributed by atoms with Crippen LogP contribution in [0.15, 0.2) is 72.8 Å². The Hall–Kier alpha value is -5.13. The molecule has 3 amide bonds. The molecule has 3 aromatic rings. The van der Waals surface area contributed by atoms with Gasteiger partial charge in [0, 0.05) is 17.7 Å². The van der Waals surface area contributed by atoms with E-state index < -0.39 is 59.1 Å². The number of hydrogen-bond acceptors (Lipinski definition) is 7. The molecule has 1 fully saturated rings. The topological polar surface area (TPSA) is 131 Å². The Morgan fingerprint density at radius 3 is 1.89 bits per heavy atom. The third kappa shape index (κ3) is 11.7. The monoisotopic (exact) mass is 747 g/mol. The number of halogens is 2. The molecule has 3 aromatic carbocycles. The summed E-state index contributed by atoms with van der Waals surface area (Å²) in [6.45, 7) is 12.6. The van der Waals surface area contributed by atoms with Gasteiger partial charge < -0.3 is 25.0 Å². The average Bonchev–Trinajstić information content (AvgIpc) is 3.09. The number of benzene rings is 3. The van der Waals surface area contributed by atoms with Crippen LogP contribution in [0, 0.1) is 29.4 Å². The first-order chi connectivity index (χ1) is 25.4. The number of ether oxygens (including phenoxy) is 2. The second kappa shape index (κ2) is 18.3. The van der Waals surface area contributed by atoms with Gasteiger partial charge in [-0.05, 0) is 118 Å². The Kier molecular flexibility index (Phi) is 14.1. The Morgan fingerprint density at radius 2 is 1.33 bits per heavy atom. The summed E-state index contributed by atoms with van der Waals surface area (Å²) in [4.78, 5) is 67.2. The normalized spacial score (nSPS) is 16.7. The van der Waals surface area contributed by atoms with Crippen LogP contribution in [0.4, 0.5) is 14.5 Å². The van der Waals surface area contributed by atoms with E-state index in [1.54, 1.807) is 49.9 Å². The van der Waals surface area contributed by atoms with Crippen molar-refractivity contribution < 1.29 is 42.2 Å². The Bertz CT molecular complexity index is 1770. The van der Waals surface area contributed by atoms with E-state index in [0.29, 0.717) is 29.8 Å². The lowest BCUT2D eigenvalue weighted by atomic mass is 9.78. The zero-order valence-electron chi connectivity index (χ0n) is 32.0. The summed E-state index contributed by atoms with van der Waals surface area (Å²) in [5.74, 6) is -2.91.